The lowest BCUT2D eigenvalue weighted by Crippen LogP contribution is -2.44. The third-order valence-electron chi connectivity index (χ3n) is 4.13. The fourth-order valence-corrected chi connectivity index (χ4v) is 3.82. The van der Waals surface area contributed by atoms with Gasteiger partial charge in [0.1, 0.15) is 6.04 Å². The lowest BCUT2D eigenvalue weighted by atomic mass is 10.0. The number of rotatable bonds is 7. The molecular weight excluding hydrogens is 330 g/mol. The van der Waals surface area contributed by atoms with Crippen LogP contribution in [0.3, 0.4) is 0 Å². The summed E-state index contributed by atoms with van der Waals surface area (Å²) in [6, 6.07) is 3.68. The molecule has 8 heteroatoms. The van der Waals surface area contributed by atoms with Gasteiger partial charge in [0.05, 0.1) is 16.6 Å². The number of nitrogens with zero attached hydrogens (tertiary/aromatic N) is 2. The van der Waals surface area contributed by atoms with Crippen LogP contribution in [0.2, 0.25) is 0 Å². The van der Waals surface area contributed by atoms with Crippen LogP contribution < -0.4 is 4.72 Å². The van der Waals surface area contributed by atoms with Gasteiger partial charge in [-0.25, -0.2) is 8.42 Å². The van der Waals surface area contributed by atoms with E-state index in [1.54, 1.807) is 23.9 Å². The lowest BCUT2D eigenvalue weighted by molar-refractivity contribution is -0.140. The lowest BCUT2D eigenvalue weighted by Gasteiger charge is -2.20. The molecule has 0 unspecified atom stereocenters. The molecule has 2 atom stereocenters. The van der Waals surface area contributed by atoms with Crippen LogP contribution in [-0.2, 0) is 14.8 Å². The number of carbonyl (C=O) groups is 1. The maximum atomic E-state index is 12.6. The van der Waals surface area contributed by atoms with E-state index in [0.717, 1.165) is 5.52 Å². The highest BCUT2D eigenvalue weighted by Gasteiger charge is 2.29. The largest absolute Gasteiger partial charge is 0.480 e. The fourth-order valence-electron chi connectivity index (χ4n) is 2.49. The van der Waals surface area contributed by atoms with E-state index in [4.69, 9.17) is 0 Å². The van der Waals surface area contributed by atoms with Gasteiger partial charge in [-0.3, -0.25) is 9.48 Å². The Labute approximate surface area is 141 Å². The summed E-state index contributed by atoms with van der Waals surface area (Å²) in [5.74, 6) is -1.49. The number of hydrogen-bond donors (Lipinski definition) is 2. The smallest absolute Gasteiger partial charge is 0.322 e. The molecule has 0 saturated heterocycles. The molecule has 0 fully saturated rings. The number of aliphatic carboxylic acids is 1. The first kappa shape index (κ1) is 18.4. The number of nitrogens with one attached hydrogen (secondary N) is 1. The van der Waals surface area contributed by atoms with Crippen LogP contribution in [0, 0.1) is 5.92 Å². The van der Waals surface area contributed by atoms with Crippen molar-refractivity contribution in [3.63, 3.8) is 0 Å². The number of fused-ring (bicyclic) bond motifs is 1. The highest BCUT2D eigenvalue weighted by Crippen LogP contribution is 2.22. The predicted octanol–water partition coefficient (Wildman–Crippen LogP) is 2.39. The normalized spacial score (nSPS) is 14.9. The van der Waals surface area contributed by atoms with E-state index in [2.05, 4.69) is 9.82 Å². The first-order chi connectivity index (χ1) is 11.2. The van der Waals surface area contributed by atoms with E-state index in [1.165, 1.54) is 12.1 Å². The Morgan fingerprint density at radius 2 is 2.00 bits per heavy atom. The van der Waals surface area contributed by atoms with Gasteiger partial charge in [0, 0.05) is 11.4 Å². The van der Waals surface area contributed by atoms with Crippen LogP contribution in [0.4, 0.5) is 0 Å². The van der Waals surface area contributed by atoms with Gasteiger partial charge in [0.15, 0.2) is 0 Å². The second kappa shape index (κ2) is 6.90. The van der Waals surface area contributed by atoms with Crippen LogP contribution >= 0.6 is 0 Å². The summed E-state index contributed by atoms with van der Waals surface area (Å²) in [7, 11) is -3.93. The zero-order valence-corrected chi connectivity index (χ0v) is 15.0. The molecule has 2 rings (SSSR count). The van der Waals surface area contributed by atoms with Gasteiger partial charge in [-0.15, -0.1) is 0 Å². The maximum absolute atomic E-state index is 12.6. The van der Waals surface area contributed by atoms with Crippen molar-refractivity contribution >= 4 is 26.9 Å². The monoisotopic (exact) mass is 353 g/mol. The van der Waals surface area contributed by atoms with Gasteiger partial charge in [-0.05, 0) is 38.0 Å². The summed E-state index contributed by atoms with van der Waals surface area (Å²) in [6.45, 7) is 7.50. The number of hydrogen-bond acceptors (Lipinski definition) is 4. The maximum Gasteiger partial charge on any atom is 0.322 e. The number of aromatic nitrogens is 2. The molecule has 0 aliphatic carbocycles. The second-order valence-corrected chi connectivity index (χ2v) is 7.94. The van der Waals surface area contributed by atoms with Crippen LogP contribution in [-0.4, -0.2) is 35.3 Å². The molecule has 0 amide bonds. The summed E-state index contributed by atoms with van der Waals surface area (Å²) in [5.41, 5.74) is 0.834. The van der Waals surface area contributed by atoms with Crippen LogP contribution in [0.1, 0.15) is 40.2 Å². The van der Waals surface area contributed by atoms with E-state index in [-0.39, 0.29) is 16.9 Å². The van der Waals surface area contributed by atoms with Gasteiger partial charge in [-0.1, -0.05) is 20.3 Å². The third-order valence-corrected chi connectivity index (χ3v) is 5.57. The van der Waals surface area contributed by atoms with Crippen LogP contribution in [0.25, 0.3) is 10.9 Å². The first-order valence-electron chi connectivity index (χ1n) is 7.89. The highest BCUT2D eigenvalue weighted by molar-refractivity contribution is 7.89. The van der Waals surface area contributed by atoms with Crippen molar-refractivity contribution in [1.82, 2.24) is 14.5 Å². The molecule has 1 aromatic heterocycles. The van der Waals surface area contributed by atoms with E-state index < -0.39 is 22.0 Å². The van der Waals surface area contributed by atoms with E-state index in [0.29, 0.717) is 11.8 Å². The van der Waals surface area contributed by atoms with Gasteiger partial charge in [0.25, 0.3) is 0 Å². The summed E-state index contributed by atoms with van der Waals surface area (Å²) in [6.07, 6.45) is 2.16. The SMILES string of the molecule is CC[C@H](C)[C@H](NS(=O)(=O)c1ccc2c(cnn2C(C)C)c1)C(=O)O. The molecule has 0 radical (unpaired) electrons. The van der Waals surface area contributed by atoms with Crippen molar-refractivity contribution in [2.24, 2.45) is 5.92 Å². The molecule has 132 valence electrons. The third kappa shape index (κ3) is 3.59. The Balaban J connectivity index is 2.38. The summed E-state index contributed by atoms with van der Waals surface area (Å²) >= 11 is 0. The number of carboxylic acid groups (broad SMARTS) is 1. The molecule has 0 saturated carbocycles. The molecule has 0 bridgehead atoms. The van der Waals surface area contributed by atoms with Crippen molar-refractivity contribution in [2.45, 2.75) is 51.1 Å². The summed E-state index contributed by atoms with van der Waals surface area (Å²) < 4.78 is 29.2. The number of carboxylic acids is 1. The minimum absolute atomic E-state index is 0.0351. The second-order valence-electron chi connectivity index (χ2n) is 6.23. The molecule has 0 spiro atoms. The highest BCUT2D eigenvalue weighted by atomic mass is 32.2. The Bertz CT molecular complexity index is 842. The van der Waals surface area contributed by atoms with Gasteiger partial charge in [-0.2, -0.15) is 9.82 Å². The quantitative estimate of drug-likeness (QED) is 0.796. The number of sulfonamides is 1. The van der Waals surface area contributed by atoms with E-state index in [1.807, 2.05) is 20.8 Å². The fraction of sp³-hybridized carbons (Fsp3) is 0.500. The Kier molecular flexibility index (Phi) is 5.29. The summed E-state index contributed by atoms with van der Waals surface area (Å²) in [4.78, 5) is 11.4. The molecular formula is C16H23N3O4S. The Hall–Kier alpha value is -1.93. The average Bonchev–Trinajstić information content (AvgIpc) is 2.95. The van der Waals surface area contributed by atoms with Crippen molar-refractivity contribution in [3.05, 3.63) is 24.4 Å². The topological polar surface area (TPSA) is 101 Å². The van der Waals surface area contributed by atoms with Crippen LogP contribution in [0.15, 0.2) is 29.3 Å². The average molecular weight is 353 g/mol. The Morgan fingerprint density at radius 3 is 2.54 bits per heavy atom. The first-order valence-corrected chi connectivity index (χ1v) is 9.38. The van der Waals surface area contributed by atoms with Gasteiger partial charge in [0.2, 0.25) is 10.0 Å². The minimum Gasteiger partial charge on any atom is -0.480 e. The standard InChI is InChI=1S/C16H23N3O4S/c1-5-11(4)15(16(20)21)18-24(22,23)13-6-7-14-12(8-13)9-17-19(14)10(2)3/h6-11,15,18H,5H2,1-4H3,(H,20,21)/t11-,15-/m0/s1. The van der Waals surface area contributed by atoms with E-state index in [9.17, 15) is 18.3 Å². The van der Waals surface area contributed by atoms with Crippen molar-refractivity contribution < 1.29 is 18.3 Å². The van der Waals surface area contributed by atoms with Crippen LogP contribution in [0.5, 0.6) is 0 Å². The molecule has 24 heavy (non-hydrogen) atoms. The van der Waals surface area contributed by atoms with E-state index >= 15 is 0 Å². The Morgan fingerprint density at radius 1 is 1.33 bits per heavy atom. The zero-order valence-electron chi connectivity index (χ0n) is 14.2. The van der Waals surface area contributed by atoms with Crippen molar-refractivity contribution in [3.8, 4) is 0 Å². The van der Waals surface area contributed by atoms with Crippen molar-refractivity contribution in [1.29, 1.82) is 0 Å². The molecule has 2 aromatic rings. The van der Waals surface area contributed by atoms with Gasteiger partial charge >= 0.3 is 5.97 Å². The summed E-state index contributed by atoms with van der Waals surface area (Å²) in [5, 5.41) is 14.2. The van der Waals surface area contributed by atoms with Crippen molar-refractivity contribution in [2.75, 3.05) is 0 Å². The molecule has 0 aliphatic heterocycles. The number of benzene rings is 1. The predicted molar refractivity (Wildman–Crippen MR) is 91.3 cm³/mol. The molecule has 1 aromatic carbocycles. The molecule has 1 heterocycles. The zero-order chi connectivity index (χ0) is 18.1. The molecule has 7 nitrogen and oxygen atoms in total. The minimum atomic E-state index is -3.93. The van der Waals surface area contributed by atoms with Gasteiger partial charge < -0.3 is 5.11 Å². The molecule has 2 N–H and O–H groups in total. The molecule has 0 aliphatic rings.